The molecule has 0 unspecified atom stereocenters. The van der Waals surface area contributed by atoms with Crippen LogP contribution in [0.4, 0.5) is 16.4 Å². The van der Waals surface area contributed by atoms with Crippen LogP contribution in [0.15, 0.2) is 30.6 Å². The Bertz CT molecular complexity index is 1010. The van der Waals surface area contributed by atoms with Gasteiger partial charge in [-0.15, -0.1) is 12.4 Å². The monoisotopic (exact) mass is 488 g/mol. The third-order valence-corrected chi connectivity index (χ3v) is 6.03. The number of amides is 2. The van der Waals surface area contributed by atoms with Gasteiger partial charge in [0.15, 0.2) is 0 Å². The van der Waals surface area contributed by atoms with E-state index in [1.165, 1.54) is 0 Å². The molecule has 2 aliphatic heterocycles. The summed E-state index contributed by atoms with van der Waals surface area (Å²) >= 11 is 0. The Kier molecular flexibility index (Phi) is 8.33. The van der Waals surface area contributed by atoms with Gasteiger partial charge in [0.1, 0.15) is 0 Å². The van der Waals surface area contributed by atoms with Gasteiger partial charge in [0.25, 0.3) is 0 Å². The molecule has 1 aromatic carbocycles. The van der Waals surface area contributed by atoms with E-state index in [1.807, 2.05) is 51.4 Å². The quantitative estimate of drug-likeness (QED) is 0.681. The first-order valence-electron chi connectivity index (χ1n) is 11.5. The number of hydrogen-bond acceptors (Lipinski definition) is 7. The van der Waals surface area contributed by atoms with Crippen LogP contribution in [-0.4, -0.2) is 60.3 Å². The van der Waals surface area contributed by atoms with Crippen molar-refractivity contribution in [3.8, 4) is 11.1 Å². The third kappa shape index (κ3) is 5.59. The van der Waals surface area contributed by atoms with Crippen LogP contribution in [0, 0.1) is 0 Å². The van der Waals surface area contributed by atoms with Crippen molar-refractivity contribution >= 4 is 36.0 Å². The Morgan fingerprint density at radius 2 is 1.82 bits per heavy atom. The van der Waals surface area contributed by atoms with Crippen LogP contribution in [0.5, 0.6) is 0 Å². The number of hydrogen-bond donors (Lipinski definition) is 2. The lowest BCUT2D eigenvalue weighted by atomic mass is 9.89. The van der Waals surface area contributed by atoms with E-state index in [2.05, 4.69) is 25.5 Å². The van der Waals surface area contributed by atoms with Crippen LogP contribution < -0.4 is 20.4 Å². The van der Waals surface area contributed by atoms with Crippen molar-refractivity contribution in [1.29, 1.82) is 0 Å². The maximum absolute atomic E-state index is 12.4. The van der Waals surface area contributed by atoms with Crippen molar-refractivity contribution < 1.29 is 14.3 Å². The number of alkyl carbamates (subject to hydrolysis) is 1. The van der Waals surface area contributed by atoms with Gasteiger partial charge >= 0.3 is 6.09 Å². The van der Waals surface area contributed by atoms with Crippen LogP contribution in [0.1, 0.15) is 45.7 Å². The van der Waals surface area contributed by atoms with E-state index in [0.29, 0.717) is 6.42 Å². The van der Waals surface area contributed by atoms with Crippen molar-refractivity contribution in [3.63, 3.8) is 0 Å². The SMILES string of the molecule is CC(=O)N1c2ccc(-c3cnc(N4CCNCC4)nc3)cc2[C@@H](NC(=O)OC(C)C)C[C@H]1C.Cl. The first kappa shape index (κ1) is 25.7. The average molecular weight is 489 g/mol. The number of carbonyl (C=O) groups is 2. The van der Waals surface area contributed by atoms with Crippen LogP contribution >= 0.6 is 12.4 Å². The zero-order valence-electron chi connectivity index (χ0n) is 20.1. The number of rotatable bonds is 4. The van der Waals surface area contributed by atoms with E-state index < -0.39 is 6.09 Å². The number of halogens is 1. The molecule has 34 heavy (non-hydrogen) atoms. The molecule has 1 aromatic heterocycles. The molecule has 1 fully saturated rings. The predicted molar refractivity (Wildman–Crippen MR) is 135 cm³/mol. The first-order valence-corrected chi connectivity index (χ1v) is 11.5. The van der Waals surface area contributed by atoms with Gasteiger partial charge in [0, 0.05) is 62.8 Å². The molecule has 0 bridgehead atoms. The van der Waals surface area contributed by atoms with Crippen molar-refractivity contribution in [3.05, 3.63) is 36.2 Å². The fourth-order valence-electron chi connectivity index (χ4n) is 4.55. The summed E-state index contributed by atoms with van der Waals surface area (Å²) < 4.78 is 5.30. The third-order valence-electron chi connectivity index (χ3n) is 6.03. The van der Waals surface area contributed by atoms with Crippen molar-refractivity contribution in [2.75, 3.05) is 36.0 Å². The summed E-state index contributed by atoms with van der Waals surface area (Å²) in [7, 11) is 0. The molecular formula is C24H33ClN6O3. The second-order valence-corrected chi connectivity index (χ2v) is 8.91. The number of aromatic nitrogens is 2. The number of fused-ring (bicyclic) bond motifs is 1. The summed E-state index contributed by atoms with van der Waals surface area (Å²) in [5.74, 6) is 0.703. The highest BCUT2D eigenvalue weighted by molar-refractivity contribution is 5.94. The number of benzene rings is 1. The minimum absolute atomic E-state index is 0. The highest BCUT2D eigenvalue weighted by Crippen LogP contribution is 2.39. The van der Waals surface area contributed by atoms with Gasteiger partial charge in [-0.05, 0) is 50.5 Å². The van der Waals surface area contributed by atoms with E-state index in [-0.39, 0.29) is 36.5 Å². The van der Waals surface area contributed by atoms with Gasteiger partial charge in [-0.25, -0.2) is 14.8 Å². The Balaban J connectivity index is 0.00000324. The maximum atomic E-state index is 12.4. The standard InChI is InChI=1S/C24H32N6O3.ClH/c1-15(2)33-24(32)28-21-11-16(3)30(17(4)31)22-6-5-18(12-20(21)22)19-13-26-23(27-14-19)29-9-7-25-8-10-29;/h5-6,12-16,21,25H,7-11H2,1-4H3,(H,28,32);1H/t16-,21+;/m1./s1. The topological polar surface area (TPSA) is 99.7 Å². The molecule has 184 valence electrons. The average Bonchev–Trinajstić information content (AvgIpc) is 2.79. The highest BCUT2D eigenvalue weighted by atomic mass is 35.5. The number of anilines is 2. The minimum atomic E-state index is -0.460. The zero-order valence-corrected chi connectivity index (χ0v) is 20.9. The molecule has 9 nitrogen and oxygen atoms in total. The summed E-state index contributed by atoms with van der Waals surface area (Å²) in [6, 6.07) is 5.61. The molecule has 3 heterocycles. The van der Waals surface area contributed by atoms with E-state index in [0.717, 1.165) is 54.5 Å². The summed E-state index contributed by atoms with van der Waals surface area (Å²) in [4.78, 5) is 37.8. The number of piperazine rings is 1. The van der Waals surface area contributed by atoms with Crippen LogP contribution in [0.25, 0.3) is 11.1 Å². The number of nitrogens with one attached hydrogen (secondary N) is 2. The molecule has 0 aliphatic carbocycles. The normalized spacial score (nSPS) is 19.8. The Morgan fingerprint density at radius 1 is 1.15 bits per heavy atom. The van der Waals surface area contributed by atoms with Gasteiger partial charge in [-0.3, -0.25) is 4.79 Å². The van der Waals surface area contributed by atoms with Gasteiger partial charge < -0.3 is 25.2 Å². The molecule has 4 rings (SSSR count). The summed E-state index contributed by atoms with van der Waals surface area (Å²) in [6.07, 6.45) is 3.59. The van der Waals surface area contributed by atoms with E-state index in [1.54, 1.807) is 11.8 Å². The molecule has 0 saturated carbocycles. The largest absolute Gasteiger partial charge is 0.447 e. The fraction of sp³-hybridized carbons (Fsp3) is 0.500. The Hall–Kier alpha value is -2.91. The van der Waals surface area contributed by atoms with E-state index in [4.69, 9.17) is 4.74 Å². The molecule has 0 radical (unpaired) electrons. The number of nitrogens with zero attached hydrogens (tertiary/aromatic N) is 4. The Morgan fingerprint density at radius 3 is 2.44 bits per heavy atom. The summed E-state index contributed by atoms with van der Waals surface area (Å²) in [5.41, 5.74) is 3.50. The summed E-state index contributed by atoms with van der Waals surface area (Å²) in [5, 5.41) is 6.31. The zero-order chi connectivity index (χ0) is 23.5. The molecule has 2 aliphatic rings. The second kappa shape index (κ2) is 11.0. The van der Waals surface area contributed by atoms with Gasteiger partial charge in [0.2, 0.25) is 11.9 Å². The number of carbonyl (C=O) groups excluding carboxylic acids is 2. The summed E-state index contributed by atoms with van der Waals surface area (Å²) in [6.45, 7) is 10.8. The lowest BCUT2D eigenvalue weighted by molar-refractivity contribution is -0.117. The molecule has 2 aromatic rings. The van der Waals surface area contributed by atoms with Crippen molar-refractivity contribution in [2.24, 2.45) is 0 Å². The van der Waals surface area contributed by atoms with E-state index in [9.17, 15) is 9.59 Å². The van der Waals surface area contributed by atoms with E-state index >= 15 is 0 Å². The molecule has 0 spiro atoms. The molecular weight excluding hydrogens is 456 g/mol. The maximum Gasteiger partial charge on any atom is 0.407 e. The molecule has 2 atom stereocenters. The predicted octanol–water partition coefficient (Wildman–Crippen LogP) is 3.30. The highest BCUT2D eigenvalue weighted by Gasteiger charge is 2.34. The van der Waals surface area contributed by atoms with Gasteiger partial charge in [-0.1, -0.05) is 6.07 Å². The first-order chi connectivity index (χ1) is 15.8. The molecule has 1 saturated heterocycles. The Labute approximate surface area is 206 Å². The van der Waals surface area contributed by atoms with Crippen molar-refractivity contribution in [2.45, 2.75) is 52.3 Å². The van der Waals surface area contributed by atoms with Crippen molar-refractivity contribution in [1.82, 2.24) is 20.6 Å². The van der Waals surface area contributed by atoms with Crippen LogP contribution in [-0.2, 0) is 9.53 Å². The fourth-order valence-corrected chi connectivity index (χ4v) is 4.55. The smallest absolute Gasteiger partial charge is 0.407 e. The lowest BCUT2D eigenvalue weighted by Gasteiger charge is -2.39. The van der Waals surface area contributed by atoms with Gasteiger partial charge in [0.05, 0.1) is 12.1 Å². The van der Waals surface area contributed by atoms with Crippen LogP contribution in [0.3, 0.4) is 0 Å². The lowest BCUT2D eigenvalue weighted by Crippen LogP contribution is -2.45. The second-order valence-electron chi connectivity index (χ2n) is 8.91. The van der Waals surface area contributed by atoms with Gasteiger partial charge in [-0.2, -0.15) is 0 Å². The minimum Gasteiger partial charge on any atom is -0.447 e. The molecule has 2 amide bonds. The molecule has 2 N–H and O–H groups in total. The van der Waals surface area contributed by atoms with Crippen LogP contribution in [0.2, 0.25) is 0 Å². The molecule has 10 heteroatoms. The number of ether oxygens (including phenoxy) is 1.